The van der Waals surface area contributed by atoms with Crippen LogP contribution in [0.5, 0.6) is 28.7 Å². The minimum absolute atomic E-state index is 0.132. The molecule has 5 N–H and O–H groups in total. The Morgan fingerprint density at radius 3 is 2.17 bits per heavy atom. The summed E-state index contributed by atoms with van der Waals surface area (Å²) in [5, 5.41) is 49.2. The quantitative estimate of drug-likeness (QED) is 0.368. The molecule has 3 aromatic carbocycles. The first-order chi connectivity index (χ1) is 11.0. The van der Waals surface area contributed by atoms with E-state index < -0.39 is 0 Å². The van der Waals surface area contributed by atoms with Crippen molar-refractivity contribution in [3.63, 3.8) is 0 Å². The first-order valence-corrected chi connectivity index (χ1v) is 6.84. The van der Waals surface area contributed by atoms with Gasteiger partial charge in [0.25, 0.3) is 0 Å². The van der Waals surface area contributed by atoms with Gasteiger partial charge in [0, 0.05) is 0 Å². The number of phenols is 5. The van der Waals surface area contributed by atoms with Crippen LogP contribution < -0.4 is 0 Å². The van der Waals surface area contributed by atoms with Gasteiger partial charge in [0.15, 0.2) is 23.0 Å². The van der Waals surface area contributed by atoms with Gasteiger partial charge >= 0.3 is 0 Å². The van der Waals surface area contributed by atoms with Crippen molar-refractivity contribution in [1.29, 1.82) is 0 Å². The molecule has 0 heterocycles. The van der Waals surface area contributed by atoms with Crippen LogP contribution in [0.25, 0.3) is 22.9 Å². The van der Waals surface area contributed by atoms with Gasteiger partial charge in [-0.1, -0.05) is 30.4 Å². The molecule has 0 fully saturated rings. The maximum Gasteiger partial charge on any atom is 0.169 e. The Morgan fingerprint density at radius 2 is 1.43 bits per heavy atom. The second-order valence-corrected chi connectivity index (χ2v) is 5.11. The number of fused-ring (bicyclic) bond motifs is 1. The molecule has 23 heavy (non-hydrogen) atoms. The molecule has 0 aromatic heterocycles. The lowest BCUT2D eigenvalue weighted by molar-refractivity contribution is 0.403. The fraction of sp³-hybridized carbons (Fsp3) is 0. The van der Waals surface area contributed by atoms with Crippen LogP contribution in [0.1, 0.15) is 11.1 Å². The number of phenolic OH excluding ortho intramolecular Hbond substituents is 5. The Bertz CT molecular complexity index is 928. The lowest BCUT2D eigenvalue weighted by Crippen LogP contribution is -1.82. The molecule has 0 spiro atoms. The maximum absolute atomic E-state index is 9.92. The van der Waals surface area contributed by atoms with Crippen molar-refractivity contribution in [3.05, 3.63) is 53.6 Å². The summed E-state index contributed by atoms with van der Waals surface area (Å²) >= 11 is 0. The molecule has 0 atom stereocenters. The molecular formula is C18H14O5. The average Bonchev–Trinajstić information content (AvgIpc) is 2.52. The third kappa shape index (κ3) is 2.60. The first-order valence-electron chi connectivity index (χ1n) is 6.84. The molecule has 3 aromatic rings. The molecule has 0 unspecified atom stereocenters. The molecule has 0 amide bonds. The summed E-state index contributed by atoms with van der Waals surface area (Å²) in [6, 6.07) is 10.5. The Morgan fingerprint density at radius 1 is 0.652 bits per heavy atom. The van der Waals surface area contributed by atoms with Crippen LogP contribution in [-0.4, -0.2) is 25.5 Å². The third-order valence-corrected chi connectivity index (χ3v) is 3.58. The number of aromatic hydroxyl groups is 5. The lowest BCUT2D eigenvalue weighted by atomic mass is 10.0. The molecular weight excluding hydrogens is 296 g/mol. The van der Waals surface area contributed by atoms with E-state index in [0.29, 0.717) is 16.5 Å². The second kappa shape index (κ2) is 5.46. The summed E-state index contributed by atoms with van der Waals surface area (Å²) < 4.78 is 0. The summed E-state index contributed by atoms with van der Waals surface area (Å²) in [5.41, 5.74) is 1.22. The third-order valence-electron chi connectivity index (χ3n) is 3.58. The number of benzene rings is 3. The van der Waals surface area contributed by atoms with E-state index in [-0.39, 0.29) is 34.1 Å². The van der Waals surface area contributed by atoms with Crippen LogP contribution in [0.4, 0.5) is 0 Å². The van der Waals surface area contributed by atoms with Gasteiger partial charge in [-0.15, -0.1) is 0 Å². The molecule has 0 bridgehead atoms. The van der Waals surface area contributed by atoms with Crippen molar-refractivity contribution < 1.29 is 25.5 Å². The standard InChI is InChI=1S/C18H14O5/c19-13-7-5-10(8-15(13)21)4-6-11-9-16(22)18(23)17-12(11)2-1-3-14(17)20/h1-9,19-23H. The Kier molecular flexibility index (Phi) is 3.46. The molecule has 116 valence electrons. The zero-order chi connectivity index (χ0) is 16.6. The molecule has 0 aliphatic heterocycles. The Hall–Kier alpha value is -3.34. The van der Waals surface area contributed by atoms with E-state index in [9.17, 15) is 25.5 Å². The van der Waals surface area contributed by atoms with Crippen LogP contribution in [-0.2, 0) is 0 Å². The van der Waals surface area contributed by atoms with Gasteiger partial charge in [-0.05, 0) is 40.8 Å². The summed E-state index contributed by atoms with van der Waals surface area (Å²) in [6.45, 7) is 0. The van der Waals surface area contributed by atoms with Crippen LogP contribution in [0.15, 0.2) is 42.5 Å². The minimum atomic E-state index is -0.377. The number of hydrogen-bond acceptors (Lipinski definition) is 5. The van der Waals surface area contributed by atoms with E-state index in [4.69, 9.17) is 0 Å². The van der Waals surface area contributed by atoms with Crippen molar-refractivity contribution in [2.75, 3.05) is 0 Å². The van der Waals surface area contributed by atoms with Gasteiger partial charge in [0.05, 0.1) is 5.39 Å². The normalized spacial score (nSPS) is 11.3. The largest absolute Gasteiger partial charge is 0.507 e. The molecule has 0 saturated carbocycles. The maximum atomic E-state index is 9.92. The van der Waals surface area contributed by atoms with Crippen LogP contribution >= 0.6 is 0 Å². The van der Waals surface area contributed by atoms with Crippen molar-refractivity contribution in [2.45, 2.75) is 0 Å². The van der Waals surface area contributed by atoms with Gasteiger partial charge in [-0.25, -0.2) is 0 Å². The average molecular weight is 310 g/mol. The summed E-state index contributed by atoms with van der Waals surface area (Å²) in [4.78, 5) is 0. The zero-order valence-electron chi connectivity index (χ0n) is 11.9. The summed E-state index contributed by atoms with van der Waals surface area (Å²) in [5.74, 6) is -1.29. The molecule has 5 heteroatoms. The highest BCUT2D eigenvalue weighted by atomic mass is 16.3. The zero-order valence-corrected chi connectivity index (χ0v) is 11.9. The summed E-state index contributed by atoms with van der Waals surface area (Å²) in [7, 11) is 0. The van der Waals surface area contributed by atoms with Gasteiger partial charge in [0.2, 0.25) is 0 Å². The first kappa shape index (κ1) is 14.6. The highest BCUT2D eigenvalue weighted by molar-refractivity contribution is 6.01. The molecule has 0 aliphatic rings. The van der Waals surface area contributed by atoms with Gasteiger partial charge < -0.3 is 25.5 Å². The van der Waals surface area contributed by atoms with Gasteiger partial charge in [0.1, 0.15) is 5.75 Å². The molecule has 0 saturated heterocycles. The topological polar surface area (TPSA) is 101 Å². The SMILES string of the molecule is Oc1ccc(C=Cc2cc(O)c(O)c3c(O)cccc23)cc1O. The van der Waals surface area contributed by atoms with Crippen LogP contribution in [0, 0.1) is 0 Å². The van der Waals surface area contributed by atoms with Gasteiger partial charge in [-0.2, -0.15) is 0 Å². The minimum Gasteiger partial charge on any atom is -0.507 e. The van der Waals surface area contributed by atoms with Crippen molar-refractivity contribution in [3.8, 4) is 28.7 Å². The number of rotatable bonds is 2. The molecule has 0 radical (unpaired) electrons. The predicted molar refractivity (Wildman–Crippen MR) is 87.6 cm³/mol. The van der Waals surface area contributed by atoms with E-state index in [0.717, 1.165) is 0 Å². The van der Waals surface area contributed by atoms with Crippen molar-refractivity contribution >= 4 is 22.9 Å². The fourth-order valence-corrected chi connectivity index (χ4v) is 2.42. The Balaban J connectivity index is 2.13. The second-order valence-electron chi connectivity index (χ2n) is 5.11. The van der Waals surface area contributed by atoms with Crippen molar-refractivity contribution in [2.24, 2.45) is 0 Å². The summed E-state index contributed by atoms with van der Waals surface area (Å²) in [6.07, 6.45) is 3.35. The smallest absolute Gasteiger partial charge is 0.169 e. The van der Waals surface area contributed by atoms with Crippen LogP contribution in [0.3, 0.4) is 0 Å². The van der Waals surface area contributed by atoms with E-state index in [1.54, 1.807) is 30.4 Å². The molecule has 5 nitrogen and oxygen atoms in total. The molecule has 0 aliphatic carbocycles. The van der Waals surface area contributed by atoms with E-state index in [1.165, 1.54) is 24.3 Å². The number of hydrogen-bond donors (Lipinski definition) is 5. The van der Waals surface area contributed by atoms with Crippen molar-refractivity contribution in [1.82, 2.24) is 0 Å². The fourth-order valence-electron chi connectivity index (χ4n) is 2.42. The highest BCUT2D eigenvalue weighted by Crippen LogP contribution is 2.41. The Labute approximate surface area is 131 Å². The van der Waals surface area contributed by atoms with E-state index >= 15 is 0 Å². The lowest BCUT2D eigenvalue weighted by Gasteiger charge is -2.09. The van der Waals surface area contributed by atoms with Gasteiger partial charge in [-0.3, -0.25) is 0 Å². The monoisotopic (exact) mass is 310 g/mol. The molecule has 3 rings (SSSR count). The predicted octanol–water partition coefficient (Wildman–Crippen LogP) is 3.54. The van der Waals surface area contributed by atoms with E-state index in [1.807, 2.05) is 0 Å². The van der Waals surface area contributed by atoms with E-state index in [2.05, 4.69) is 0 Å². The van der Waals surface area contributed by atoms with Crippen LogP contribution in [0.2, 0.25) is 0 Å². The highest BCUT2D eigenvalue weighted by Gasteiger charge is 2.12.